The molecule has 8 heteroatoms. The number of hydrogen-bond acceptors (Lipinski definition) is 5. The number of rotatable bonds is 5. The topological polar surface area (TPSA) is 64.1 Å². The summed E-state index contributed by atoms with van der Waals surface area (Å²) in [6.07, 6.45) is 6.03. The summed E-state index contributed by atoms with van der Waals surface area (Å²) in [5.74, 6) is 0.181. The lowest BCUT2D eigenvalue weighted by Gasteiger charge is -2.18. The van der Waals surface area contributed by atoms with Crippen LogP contribution in [-0.2, 0) is 4.79 Å². The van der Waals surface area contributed by atoms with E-state index < -0.39 is 0 Å². The predicted octanol–water partition coefficient (Wildman–Crippen LogP) is 4.50. The normalized spacial score (nSPS) is 15.2. The lowest BCUT2D eigenvalue weighted by Crippen LogP contribution is -2.20. The maximum atomic E-state index is 13.0. The molecule has 1 fully saturated rings. The van der Waals surface area contributed by atoms with E-state index in [2.05, 4.69) is 31.4 Å². The Morgan fingerprint density at radius 1 is 1.33 bits per heavy atom. The Hall–Kier alpha value is -1.54. The van der Waals surface area contributed by atoms with Crippen LogP contribution in [0.1, 0.15) is 43.0 Å². The molecule has 0 radical (unpaired) electrons. The van der Waals surface area contributed by atoms with Gasteiger partial charge in [-0.2, -0.15) is 0 Å². The van der Waals surface area contributed by atoms with Crippen molar-refractivity contribution in [1.29, 1.82) is 0 Å². The standard InChI is InChI=1S/C16H17BrFN3O2S/c17-12-8-11(18)6-7-13(12)23-9-14(22)19-16-21-20-15(24-16)10-4-2-1-3-5-10/h6-8,10H,1-5,9H2,(H,19,21,22). The smallest absolute Gasteiger partial charge is 0.264 e. The number of nitrogens with one attached hydrogen (secondary N) is 1. The van der Waals surface area contributed by atoms with Crippen LogP contribution < -0.4 is 10.1 Å². The summed E-state index contributed by atoms with van der Waals surface area (Å²) in [6, 6.07) is 4.03. The molecule has 24 heavy (non-hydrogen) atoms. The Kier molecular flexibility index (Phi) is 5.78. The number of aromatic nitrogens is 2. The zero-order chi connectivity index (χ0) is 16.9. The summed E-state index contributed by atoms with van der Waals surface area (Å²) in [4.78, 5) is 12.0. The summed E-state index contributed by atoms with van der Waals surface area (Å²) < 4.78 is 18.9. The fourth-order valence-corrected chi connectivity index (χ4v) is 4.08. The predicted molar refractivity (Wildman–Crippen MR) is 94.0 cm³/mol. The molecule has 1 aliphatic rings. The molecule has 1 aliphatic carbocycles. The van der Waals surface area contributed by atoms with Gasteiger partial charge in [0.1, 0.15) is 16.6 Å². The number of carbonyl (C=O) groups is 1. The molecule has 0 aliphatic heterocycles. The molecule has 0 spiro atoms. The molecule has 1 amide bonds. The van der Waals surface area contributed by atoms with Crippen LogP contribution in [-0.4, -0.2) is 22.7 Å². The van der Waals surface area contributed by atoms with Crippen LogP contribution in [0.15, 0.2) is 22.7 Å². The molecule has 0 unspecified atom stereocenters. The average molecular weight is 414 g/mol. The minimum atomic E-state index is -0.372. The zero-order valence-electron chi connectivity index (χ0n) is 12.9. The van der Waals surface area contributed by atoms with Crippen molar-refractivity contribution in [2.75, 3.05) is 11.9 Å². The van der Waals surface area contributed by atoms with Crippen LogP contribution in [0.4, 0.5) is 9.52 Å². The molecular formula is C16H17BrFN3O2S. The summed E-state index contributed by atoms with van der Waals surface area (Å²) >= 11 is 4.62. The molecule has 128 valence electrons. The van der Waals surface area contributed by atoms with Gasteiger partial charge in [0.05, 0.1) is 4.47 Å². The highest BCUT2D eigenvalue weighted by molar-refractivity contribution is 9.10. The van der Waals surface area contributed by atoms with Crippen LogP contribution in [0.2, 0.25) is 0 Å². The Labute approximate surface area is 151 Å². The number of anilines is 1. The van der Waals surface area contributed by atoms with E-state index in [1.54, 1.807) is 0 Å². The molecule has 2 aromatic rings. The lowest BCUT2D eigenvalue weighted by molar-refractivity contribution is -0.118. The van der Waals surface area contributed by atoms with Crippen molar-refractivity contribution in [3.63, 3.8) is 0 Å². The number of nitrogens with zero attached hydrogens (tertiary/aromatic N) is 2. The molecule has 1 aromatic heterocycles. The van der Waals surface area contributed by atoms with Crippen molar-refractivity contribution in [3.8, 4) is 5.75 Å². The highest BCUT2D eigenvalue weighted by Crippen LogP contribution is 2.35. The van der Waals surface area contributed by atoms with Crippen molar-refractivity contribution >= 4 is 38.3 Å². The summed E-state index contributed by atoms with van der Waals surface area (Å²) in [7, 11) is 0. The van der Waals surface area contributed by atoms with E-state index in [4.69, 9.17) is 4.74 Å². The second kappa shape index (κ2) is 8.02. The van der Waals surface area contributed by atoms with E-state index in [0.717, 1.165) is 17.8 Å². The van der Waals surface area contributed by atoms with Crippen molar-refractivity contribution in [2.45, 2.75) is 38.0 Å². The van der Waals surface area contributed by atoms with Gasteiger partial charge in [-0.25, -0.2) is 4.39 Å². The van der Waals surface area contributed by atoms with E-state index >= 15 is 0 Å². The van der Waals surface area contributed by atoms with Gasteiger partial charge in [-0.05, 0) is 47.0 Å². The molecule has 5 nitrogen and oxygen atoms in total. The molecule has 3 rings (SSSR count). The zero-order valence-corrected chi connectivity index (χ0v) is 15.3. The number of ether oxygens (including phenoxy) is 1. The largest absolute Gasteiger partial charge is 0.483 e. The molecule has 1 saturated carbocycles. The van der Waals surface area contributed by atoms with Gasteiger partial charge in [-0.3, -0.25) is 10.1 Å². The Bertz CT molecular complexity index is 719. The lowest BCUT2D eigenvalue weighted by atomic mass is 9.90. The Morgan fingerprint density at radius 3 is 2.88 bits per heavy atom. The maximum Gasteiger partial charge on any atom is 0.264 e. The van der Waals surface area contributed by atoms with Gasteiger partial charge in [-0.1, -0.05) is 30.6 Å². The van der Waals surface area contributed by atoms with Gasteiger partial charge in [0.2, 0.25) is 5.13 Å². The molecule has 0 bridgehead atoms. The third kappa shape index (κ3) is 4.51. The minimum absolute atomic E-state index is 0.178. The fraction of sp³-hybridized carbons (Fsp3) is 0.438. The van der Waals surface area contributed by atoms with E-state index in [1.165, 1.54) is 48.8 Å². The van der Waals surface area contributed by atoms with Crippen LogP contribution in [0.25, 0.3) is 0 Å². The molecule has 1 heterocycles. The average Bonchev–Trinajstić information content (AvgIpc) is 3.03. The van der Waals surface area contributed by atoms with E-state index in [1.807, 2.05) is 0 Å². The first-order valence-corrected chi connectivity index (χ1v) is 9.44. The number of halogens is 2. The highest BCUT2D eigenvalue weighted by Gasteiger charge is 2.20. The van der Waals surface area contributed by atoms with Crippen LogP contribution in [0, 0.1) is 5.82 Å². The van der Waals surface area contributed by atoms with Crippen LogP contribution in [0.5, 0.6) is 5.75 Å². The number of amides is 1. The highest BCUT2D eigenvalue weighted by atomic mass is 79.9. The molecular weight excluding hydrogens is 397 g/mol. The molecule has 1 N–H and O–H groups in total. The van der Waals surface area contributed by atoms with Crippen molar-refractivity contribution in [1.82, 2.24) is 10.2 Å². The monoisotopic (exact) mass is 413 g/mol. The number of carbonyl (C=O) groups excluding carboxylic acids is 1. The second-order valence-corrected chi connectivity index (χ2v) is 7.56. The number of benzene rings is 1. The minimum Gasteiger partial charge on any atom is -0.483 e. The van der Waals surface area contributed by atoms with Crippen molar-refractivity contribution in [2.24, 2.45) is 0 Å². The van der Waals surface area contributed by atoms with Crippen molar-refractivity contribution in [3.05, 3.63) is 33.5 Å². The quantitative estimate of drug-likeness (QED) is 0.782. The van der Waals surface area contributed by atoms with Crippen LogP contribution in [0.3, 0.4) is 0 Å². The SMILES string of the molecule is O=C(COc1ccc(F)cc1Br)Nc1nnc(C2CCCCC2)s1. The van der Waals surface area contributed by atoms with Crippen molar-refractivity contribution < 1.29 is 13.9 Å². The molecule has 1 aromatic carbocycles. The first-order valence-electron chi connectivity index (χ1n) is 7.83. The van der Waals surface area contributed by atoms with Gasteiger partial charge in [0.15, 0.2) is 6.61 Å². The van der Waals surface area contributed by atoms with Gasteiger partial charge in [0, 0.05) is 5.92 Å². The third-order valence-electron chi connectivity index (χ3n) is 3.89. The van der Waals surface area contributed by atoms with Gasteiger partial charge < -0.3 is 4.74 Å². The van der Waals surface area contributed by atoms with Gasteiger partial charge >= 0.3 is 0 Å². The van der Waals surface area contributed by atoms with E-state index in [0.29, 0.717) is 21.3 Å². The first kappa shape index (κ1) is 17.3. The maximum absolute atomic E-state index is 13.0. The van der Waals surface area contributed by atoms with E-state index in [9.17, 15) is 9.18 Å². The molecule has 0 saturated heterocycles. The van der Waals surface area contributed by atoms with Gasteiger partial charge in [0.25, 0.3) is 5.91 Å². The Balaban J connectivity index is 1.52. The van der Waals surface area contributed by atoms with Crippen LogP contribution >= 0.6 is 27.3 Å². The van der Waals surface area contributed by atoms with Gasteiger partial charge in [-0.15, -0.1) is 10.2 Å². The third-order valence-corrected chi connectivity index (χ3v) is 5.51. The molecule has 0 atom stereocenters. The summed E-state index contributed by atoms with van der Waals surface area (Å²) in [5.41, 5.74) is 0. The van der Waals surface area contributed by atoms with E-state index in [-0.39, 0.29) is 18.3 Å². The Morgan fingerprint density at radius 2 is 2.12 bits per heavy atom. The fourth-order valence-electron chi connectivity index (χ4n) is 2.69. The second-order valence-electron chi connectivity index (χ2n) is 5.69. The summed E-state index contributed by atoms with van der Waals surface area (Å²) in [6.45, 7) is -0.178. The number of hydrogen-bond donors (Lipinski definition) is 1. The summed E-state index contributed by atoms with van der Waals surface area (Å²) in [5, 5.41) is 12.4. The first-order chi connectivity index (χ1) is 11.6.